The summed E-state index contributed by atoms with van der Waals surface area (Å²) in [7, 11) is 0. The van der Waals surface area contributed by atoms with Gasteiger partial charge in [-0.05, 0) is 40.6 Å². The van der Waals surface area contributed by atoms with Crippen molar-refractivity contribution in [3.8, 4) is 0 Å². The molecule has 0 aliphatic carbocycles. The maximum Gasteiger partial charge on any atom is 0.256 e. The highest BCUT2D eigenvalue weighted by Crippen LogP contribution is 2.19. The van der Waals surface area contributed by atoms with Crippen molar-refractivity contribution in [3.63, 3.8) is 0 Å². The van der Waals surface area contributed by atoms with Crippen LogP contribution in [0.25, 0.3) is 10.8 Å². The molecule has 128 valence electrons. The van der Waals surface area contributed by atoms with Gasteiger partial charge in [0.1, 0.15) is 0 Å². The largest absolute Gasteiger partial charge is 0.305 e. The van der Waals surface area contributed by atoms with E-state index in [1.807, 2.05) is 29.1 Å². The predicted octanol–water partition coefficient (Wildman–Crippen LogP) is 4.99. The molecule has 26 heavy (non-hydrogen) atoms. The van der Waals surface area contributed by atoms with Gasteiger partial charge in [-0.15, -0.1) is 0 Å². The number of hydrogen-bond acceptors (Lipinski definition) is 2. The van der Waals surface area contributed by atoms with Gasteiger partial charge in [0.25, 0.3) is 5.91 Å². The van der Waals surface area contributed by atoms with E-state index in [1.165, 1.54) is 16.3 Å². The zero-order valence-electron chi connectivity index (χ0n) is 13.9. The summed E-state index contributed by atoms with van der Waals surface area (Å²) in [4.78, 5) is 12.3. The lowest BCUT2D eigenvalue weighted by atomic mass is 10.0. The van der Waals surface area contributed by atoms with E-state index in [1.54, 1.807) is 30.3 Å². The van der Waals surface area contributed by atoms with Crippen LogP contribution in [-0.4, -0.2) is 15.7 Å². The summed E-state index contributed by atoms with van der Waals surface area (Å²) in [6.07, 6.45) is 1.86. The van der Waals surface area contributed by atoms with E-state index in [9.17, 15) is 4.79 Å². The first-order chi connectivity index (χ1) is 12.7. The minimum atomic E-state index is -0.211. The highest BCUT2D eigenvalue weighted by Gasteiger charge is 2.09. The first kappa shape index (κ1) is 16.4. The van der Waals surface area contributed by atoms with Crippen molar-refractivity contribution in [1.29, 1.82) is 0 Å². The lowest BCUT2D eigenvalue weighted by molar-refractivity contribution is 0.102. The van der Waals surface area contributed by atoms with E-state index in [0.29, 0.717) is 22.9 Å². The van der Waals surface area contributed by atoms with E-state index >= 15 is 0 Å². The van der Waals surface area contributed by atoms with E-state index in [4.69, 9.17) is 11.6 Å². The second-order valence-corrected chi connectivity index (χ2v) is 6.43. The molecule has 0 unspecified atom stereocenters. The Morgan fingerprint density at radius 2 is 1.73 bits per heavy atom. The molecule has 0 aliphatic rings. The number of hydrogen-bond donors (Lipinski definition) is 1. The molecule has 0 spiro atoms. The molecule has 1 aromatic heterocycles. The monoisotopic (exact) mass is 361 g/mol. The minimum Gasteiger partial charge on any atom is -0.305 e. The summed E-state index contributed by atoms with van der Waals surface area (Å²) < 4.78 is 1.82. The Balaban J connectivity index is 1.51. The fraction of sp³-hybridized carbons (Fsp3) is 0.0476. The van der Waals surface area contributed by atoms with Gasteiger partial charge in [-0.2, -0.15) is 5.10 Å². The lowest BCUT2D eigenvalue weighted by Gasteiger charge is -2.07. The SMILES string of the molecule is O=C(Nc1ccn(Cc2cccc3ccccc23)n1)c1ccc(Cl)cc1. The number of carbonyl (C=O) groups excluding carboxylic acids is 1. The highest BCUT2D eigenvalue weighted by atomic mass is 35.5. The van der Waals surface area contributed by atoms with Gasteiger partial charge in [-0.25, -0.2) is 0 Å². The Bertz CT molecular complexity index is 1060. The molecule has 4 nitrogen and oxygen atoms in total. The van der Waals surface area contributed by atoms with Crippen LogP contribution < -0.4 is 5.32 Å². The topological polar surface area (TPSA) is 46.9 Å². The van der Waals surface area contributed by atoms with Crippen LogP contribution in [-0.2, 0) is 6.54 Å². The maximum atomic E-state index is 12.3. The fourth-order valence-corrected chi connectivity index (χ4v) is 3.04. The van der Waals surface area contributed by atoms with Gasteiger partial charge in [0, 0.05) is 22.8 Å². The summed E-state index contributed by atoms with van der Waals surface area (Å²) in [6.45, 7) is 0.637. The second-order valence-electron chi connectivity index (χ2n) is 6.00. The minimum absolute atomic E-state index is 0.211. The third kappa shape index (κ3) is 3.46. The van der Waals surface area contributed by atoms with E-state index < -0.39 is 0 Å². The number of aromatic nitrogens is 2. The van der Waals surface area contributed by atoms with Crippen LogP contribution in [0, 0.1) is 0 Å². The summed E-state index contributed by atoms with van der Waals surface area (Å²) in [5.41, 5.74) is 1.72. The quantitative estimate of drug-likeness (QED) is 0.556. The number of rotatable bonds is 4. The molecule has 0 bridgehead atoms. The summed E-state index contributed by atoms with van der Waals surface area (Å²) in [6, 6.07) is 23.0. The third-order valence-electron chi connectivity index (χ3n) is 4.20. The van der Waals surface area contributed by atoms with Crippen molar-refractivity contribution in [2.45, 2.75) is 6.54 Å². The zero-order chi connectivity index (χ0) is 17.9. The Morgan fingerprint density at radius 3 is 2.58 bits per heavy atom. The van der Waals surface area contributed by atoms with Crippen LogP contribution in [0.5, 0.6) is 0 Å². The lowest BCUT2D eigenvalue weighted by Crippen LogP contribution is -2.12. The Labute approximate surface area is 156 Å². The number of anilines is 1. The molecule has 3 aromatic carbocycles. The first-order valence-corrected chi connectivity index (χ1v) is 8.64. The molecule has 4 rings (SSSR count). The molecule has 1 heterocycles. The van der Waals surface area contributed by atoms with Crippen molar-refractivity contribution in [3.05, 3.63) is 95.1 Å². The molecule has 0 saturated heterocycles. The standard InChI is InChI=1S/C21H16ClN3O/c22-18-10-8-16(9-11-18)21(26)23-20-12-13-25(24-20)14-17-6-3-5-15-4-1-2-7-19(15)17/h1-13H,14H2,(H,23,24,26). The first-order valence-electron chi connectivity index (χ1n) is 8.26. The summed E-state index contributed by atoms with van der Waals surface area (Å²) >= 11 is 5.85. The summed E-state index contributed by atoms with van der Waals surface area (Å²) in [5, 5.41) is 10.3. The number of nitrogens with one attached hydrogen (secondary N) is 1. The van der Waals surface area contributed by atoms with Crippen LogP contribution in [0.15, 0.2) is 79.0 Å². The van der Waals surface area contributed by atoms with Gasteiger partial charge in [0.15, 0.2) is 5.82 Å². The molecule has 0 radical (unpaired) electrons. The molecule has 0 atom stereocenters. The second kappa shape index (κ2) is 7.02. The molecule has 0 fully saturated rings. The maximum absolute atomic E-state index is 12.3. The van der Waals surface area contributed by atoms with Gasteiger partial charge in [0.05, 0.1) is 6.54 Å². The Kier molecular flexibility index (Phi) is 4.42. The number of carbonyl (C=O) groups is 1. The average Bonchev–Trinajstić information content (AvgIpc) is 3.09. The molecule has 0 aliphatic heterocycles. The zero-order valence-corrected chi connectivity index (χ0v) is 14.6. The highest BCUT2D eigenvalue weighted by molar-refractivity contribution is 6.30. The smallest absolute Gasteiger partial charge is 0.256 e. The predicted molar refractivity (Wildman–Crippen MR) is 105 cm³/mol. The third-order valence-corrected chi connectivity index (χ3v) is 4.45. The van der Waals surface area contributed by atoms with Crippen molar-refractivity contribution in [2.24, 2.45) is 0 Å². The number of amides is 1. The van der Waals surface area contributed by atoms with Gasteiger partial charge in [-0.1, -0.05) is 54.1 Å². The number of fused-ring (bicyclic) bond motifs is 1. The molecular formula is C21H16ClN3O. The van der Waals surface area contributed by atoms with Crippen molar-refractivity contribution in [2.75, 3.05) is 5.32 Å². The Hall–Kier alpha value is -3.11. The number of nitrogens with zero attached hydrogens (tertiary/aromatic N) is 2. The molecule has 5 heteroatoms. The van der Waals surface area contributed by atoms with Crippen molar-refractivity contribution < 1.29 is 4.79 Å². The van der Waals surface area contributed by atoms with E-state index in [0.717, 1.165) is 0 Å². The van der Waals surface area contributed by atoms with Gasteiger partial charge >= 0.3 is 0 Å². The molecule has 0 saturated carbocycles. The van der Waals surface area contributed by atoms with Gasteiger partial charge < -0.3 is 5.32 Å². The molecule has 1 N–H and O–H groups in total. The van der Waals surface area contributed by atoms with Crippen LogP contribution in [0.4, 0.5) is 5.82 Å². The Morgan fingerprint density at radius 1 is 0.962 bits per heavy atom. The average molecular weight is 362 g/mol. The molecule has 1 amide bonds. The normalized spacial score (nSPS) is 10.8. The van der Waals surface area contributed by atoms with Crippen molar-refractivity contribution in [1.82, 2.24) is 9.78 Å². The summed E-state index contributed by atoms with van der Waals surface area (Å²) in [5.74, 6) is 0.308. The van der Waals surface area contributed by atoms with Gasteiger partial charge in [0.2, 0.25) is 0 Å². The van der Waals surface area contributed by atoms with Crippen LogP contribution in [0.3, 0.4) is 0 Å². The van der Waals surface area contributed by atoms with Crippen molar-refractivity contribution >= 4 is 34.1 Å². The number of benzene rings is 3. The van der Waals surface area contributed by atoms with Gasteiger partial charge in [-0.3, -0.25) is 9.48 Å². The molecular weight excluding hydrogens is 346 g/mol. The van der Waals surface area contributed by atoms with Crippen LogP contribution in [0.2, 0.25) is 5.02 Å². The molecule has 4 aromatic rings. The van der Waals surface area contributed by atoms with E-state index in [2.05, 4.69) is 34.7 Å². The van der Waals surface area contributed by atoms with Crippen LogP contribution in [0.1, 0.15) is 15.9 Å². The van der Waals surface area contributed by atoms with E-state index in [-0.39, 0.29) is 5.91 Å². The number of halogens is 1. The fourth-order valence-electron chi connectivity index (χ4n) is 2.91. The van der Waals surface area contributed by atoms with Crippen LogP contribution >= 0.6 is 11.6 Å².